The van der Waals surface area contributed by atoms with Crippen LogP contribution in [0.3, 0.4) is 0 Å². The van der Waals surface area contributed by atoms with Crippen molar-refractivity contribution < 1.29 is 9.59 Å². The summed E-state index contributed by atoms with van der Waals surface area (Å²) in [7, 11) is 0. The summed E-state index contributed by atoms with van der Waals surface area (Å²) in [5.74, 6) is -0.701. The Morgan fingerprint density at radius 3 is 2.27 bits per heavy atom. The zero-order valence-corrected chi connectivity index (χ0v) is 21.0. The number of amides is 2. The molecule has 6 nitrogen and oxygen atoms in total. The van der Waals surface area contributed by atoms with Gasteiger partial charge in [0.1, 0.15) is 0 Å². The molecule has 2 heterocycles. The van der Waals surface area contributed by atoms with Crippen molar-refractivity contribution >= 4 is 45.0 Å². The molecule has 5 aromatic carbocycles. The lowest BCUT2D eigenvalue weighted by molar-refractivity contribution is 0.0926. The highest BCUT2D eigenvalue weighted by Crippen LogP contribution is 2.39. The number of imide groups is 1. The van der Waals surface area contributed by atoms with Crippen molar-refractivity contribution in [1.29, 1.82) is 5.26 Å². The van der Waals surface area contributed by atoms with Crippen molar-refractivity contribution in [2.75, 3.05) is 4.90 Å². The molecule has 6 aromatic rings. The van der Waals surface area contributed by atoms with E-state index < -0.39 is 0 Å². The molecule has 1 aliphatic heterocycles. The quantitative estimate of drug-likeness (QED) is 0.180. The minimum atomic E-state index is -0.357. The number of hydrogen-bond acceptors (Lipinski definition) is 3. The lowest BCUT2D eigenvalue weighted by Crippen LogP contribution is -2.29. The molecule has 40 heavy (non-hydrogen) atoms. The first-order chi connectivity index (χ1) is 19.6. The third-order valence-corrected chi connectivity index (χ3v) is 7.33. The summed E-state index contributed by atoms with van der Waals surface area (Å²) in [4.78, 5) is 32.0. The van der Waals surface area contributed by atoms with Gasteiger partial charge in [0.2, 0.25) is 0 Å². The van der Waals surface area contributed by atoms with Crippen molar-refractivity contribution in [2.24, 2.45) is 0 Å². The molecule has 0 saturated heterocycles. The van der Waals surface area contributed by atoms with Crippen LogP contribution in [0.4, 0.5) is 11.4 Å². The monoisotopic (exact) mass is 514 g/mol. The molecule has 0 atom stereocenters. The number of nitriles is 1. The van der Waals surface area contributed by atoms with Crippen LogP contribution in [0.5, 0.6) is 0 Å². The van der Waals surface area contributed by atoms with Crippen LogP contribution in [0.25, 0.3) is 43.5 Å². The molecule has 2 amide bonds. The molecular weight excluding hydrogens is 496 g/mol. The van der Waals surface area contributed by atoms with E-state index in [1.54, 1.807) is 48.5 Å². The van der Waals surface area contributed by atoms with Gasteiger partial charge in [-0.15, -0.1) is 0 Å². The van der Waals surface area contributed by atoms with Crippen LogP contribution in [-0.2, 0) is 0 Å². The van der Waals surface area contributed by atoms with Crippen molar-refractivity contribution in [1.82, 2.24) is 4.57 Å². The first-order valence-corrected chi connectivity index (χ1v) is 12.6. The third kappa shape index (κ3) is 3.34. The Morgan fingerprint density at radius 2 is 1.48 bits per heavy atom. The molecule has 0 fully saturated rings. The topological polar surface area (TPSA) is 70.5 Å². The van der Waals surface area contributed by atoms with Gasteiger partial charge in [0.25, 0.3) is 11.8 Å². The van der Waals surface area contributed by atoms with Gasteiger partial charge in [-0.3, -0.25) is 9.59 Å². The Balaban J connectivity index is 1.46. The predicted molar refractivity (Wildman–Crippen MR) is 155 cm³/mol. The molecule has 7 rings (SSSR count). The lowest BCUT2D eigenvalue weighted by Gasteiger charge is -2.14. The van der Waals surface area contributed by atoms with Gasteiger partial charge in [0, 0.05) is 16.3 Å². The van der Waals surface area contributed by atoms with Crippen LogP contribution in [0.2, 0.25) is 0 Å². The minimum absolute atomic E-state index is 0.343. The fourth-order valence-electron chi connectivity index (χ4n) is 5.58. The maximum atomic E-state index is 13.8. The second-order valence-corrected chi connectivity index (χ2v) is 9.56. The number of nitrogens with zero attached hydrogens (tertiary/aromatic N) is 4. The summed E-state index contributed by atoms with van der Waals surface area (Å²) in [6, 6.07) is 35.5. The van der Waals surface area contributed by atoms with Gasteiger partial charge >= 0.3 is 0 Å². The third-order valence-electron chi connectivity index (χ3n) is 7.33. The molecule has 0 saturated carbocycles. The van der Waals surface area contributed by atoms with Crippen LogP contribution in [0.15, 0.2) is 109 Å². The first kappa shape index (κ1) is 23.2. The van der Waals surface area contributed by atoms with Crippen molar-refractivity contribution in [3.8, 4) is 22.9 Å². The Morgan fingerprint density at radius 1 is 0.700 bits per heavy atom. The maximum Gasteiger partial charge on any atom is 0.268 e. The number of fused-ring (bicyclic) bond motifs is 4. The number of benzene rings is 5. The van der Waals surface area contributed by atoms with Gasteiger partial charge < -0.3 is 4.57 Å². The highest BCUT2D eigenvalue weighted by molar-refractivity contribution is 6.35. The summed E-state index contributed by atoms with van der Waals surface area (Å²) >= 11 is 0. The van der Waals surface area contributed by atoms with Crippen molar-refractivity contribution in [3.63, 3.8) is 0 Å². The highest BCUT2D eigenvalue weighted by Gasteiger charge is 2.39. The average Bonchev–Trinajstić information content (AvgIpc) is 3.47. The predicted octanol–water partition coefficient (Wildman–Crippen LogP) is 7.67. The van der Waals surface area contributed by atoms with E-state index in [4.69, 9.17) is 6.57 Å². The molecule has 0 unspecified atom stereocenters. The summed E-state index contributed by atoms with van der Waals surface area (Å²) in [5, 5.41) is 11.4. The SMILES string of the molecule is [C-]#[N+]c1cc(C#N)cc(-c2ccc3c(c2)c2ccccc2n3-c2cccc3c2C(=O)N(c2ccccc2)C3=O)c1. The van der Waals surface area contributed by atoms with E-state index in [-0.39, 0.29) is 11.8 Å². The molecular formula is C34H18N4O2. The maximum absolute atomic E-state index is 13.8. The Labute approximate surface area is 229 Å². The molecule has 0 aliphatic carbocycles. The van der Waals surface area contributed by atoms with Gasteiger partial charge in [0.05, 0.1) is 46.2 Å². The van der Waals surface area contributed by atoms with Crippen LogP contribution >= 0.6 is 0 Å². The second-order valence-electron chi connectivity index (χ2n) is 9.56. The minimum Gasteiger partial charge on any atom is -0.308 e. The molecule has 0 N–H and O–H groups in total. The van der Waals surface area contributed by atoms with E-state index in [1.807, 2.05) is 65.2 Å². The van der Waals surface area contributed by atoms with E-state index in [1.165, 1.54) is 4.90 Å². The fourth-order valence-corrected chi connectivity index (χ4v) is 5.58. The number of para-hydroxylation sites is 2. The summed E-state index contributed by atoms with van der Waals surface area (Å²) in [5.41, 5.74) is 6.16. The van der Waals surface area contributed by atoms with E-state index in [0.717, 1.165) is 32.9 Å². The van der Waals surface area contributed by atoms with E-state index in [0.29, 0.717) is 33.8 Å². The van der Waals surface area contributed by atoms with Gasteiger partial charge in [-0.1, -0.05) is 48.5 Å². The number of carbonyl (C=O) groups is 2. The largest absolute Gasteiger partial charge is 0.308 e. The zero-order chi connectivity index (χ0) is 27.4. The van der Waals surface area contributed by atoms with E-state index in [2.05, 4.69) is 10.9 Å². The van der Waals surface area contributed by atoms with Crippen LogP contribution < -0.4 is 4.90 Å². The first-order valence-electron chi connectivity index (χ1n) is 12.6. The fraction of sp³-hybridized carbons (Fsp3) is 0. The molecule has 0 spiro atoms. The summed E-state index contributed by atoms with van der Waals surface area (Å²) in [6.07, 6.45) is 0. The average molecular weight is 515 g/mol. The molecule has 186 valence electrons. The Kier molecular flexibility index (Phi) is 5.10. The standard InChI is InChI=1S/C34H18N4O2/c1-36-24-17-21(20-35)16-23(18-24)22-14-15-30-28(19-22)26-10-5-6-12-29(26)38(30)31-13-7-11-27-32(31)34(40)37(33(27)39)25-8-3-2-4-9-25/h2-19H. The molecule has 1 aromatic heterocycles. The highest BCUT2D eigenvalue weighted by atomic mass is 16.2. The number of anilines is 1. The van der Waals surface area contributed by atoms with Crippen molar-refractivity contribution in [2.45, 2.75) is 0 Å². The number of hydrogen-bond donors (Lipinski definition) is 0. The van der Waals surface area contributed by atoms with E-state index in [9.17, 15) is 14.9 Å². The van der Waals surface area contributed by atoms with Gasteiger partial charge in [0.15, 0.2) is 5.69 Å². The summed E-state index contributed by atoms with van der Waals surface area (Å²) < 4.78 is 2.03. The molecule has 0 bridgehead atoms. The van der Waals surface area contributed by atoms with Crippen LogP contribution in [0, 0.1) is 17.9 Å². The normalized spacial score (nSPS) is 12.5. The van der Waals surface area contributed by atoms with Gasteiger partial charge in [-0.2, -0.15) is 5.26 Å². The van der Waals surface area contributed by atoms with Crippen molar-refractivity contribution in [3.05, 3.63) is 137 Å². The Hall–Kier alpha value is -5.98. The van der Waals surface area contributed by atoms with Crippen LogP contribution in [-0.4, -0.2) is 16.4 Å². The van der Waals surface area contributed by atoms with Crippen LogP contribution in [0.1, 0.15) is 26.3 Å². The molecule has 1 aliphatic rings. The second kappa shape index (κ2) is 8.80. The zero-order valence-electron chi connectivity index (χ0n) is 21.0. The lowest BCUT2D eigenvalue weighted by atomic mass is 10.00. The van der Waals surface area contributed by atoms with Gasteiger partial charge in [-0.05, 0) is 71.8 Å². The van der Waals surface area contributed by atoms with Gasteiger partial charge in [-0.25, -0.2) is 9.74 Å². The number of rotatable bonds is 3. The molecule has 0 radical (unpaired) electrons. The number of carbonyl (C=O) groups excluding carboxylic acids is 2. The smallest absolute Gasteiger partial charge is 0.268 e. The molecule has 6 heteroatoms. The van der Waals surface area contributed by atoms with E-state index >= 15 is 0 Å². The Bertz CT molecular complexity index is 2100. The summed E-state index contributed by atoms with van der Waals surface area (Å²) in [6.45, 7) is 7.43. The number of aromatic nitrogens is 1.